The molecule has 5 heteroatoms. The summed E-state index contributed by atoms with van der Waals surface area (Å²) in [4.78, 5) is 18.8. The minimum atomic E-state index is 0.0520. The maximum Gasteiger partial charge on any atom is 0.255 e. The van der Waals surface area contributed by atoms with E-state index in [1.807, 2.05) is 16.7 Å². The number of benzene rings is 1. The number of carbonyl (C=O) groups excluding carboxylic acids is 1. The highest BCUT2D eigenvalue weighted by Crippen LogP contribution is 2.36. The fourth-order valence-electron chi connectivity index (χ4n) is 2.98. The number of methoxy groups -OCH3 is 1. The van der Waals surface area contributed by atoms with Gasteiger partial charge in [-0.05, 0) is 30.5 Å². The Labute approximate surface area is 147 Å². The molecule has 1 aliphatic rings. The summed E-state index contributed by atoms with van der Waals surface area (Å²) in [5, 5.41) is 0.456. The first kappa shape index (κ1) is 16.8. The third-order valence-corrected chi connectivity index (χ3v) is 5.67. The van der Waals surface area contributed by atoms with Crippen molar-refractivity contribution in [3.05, 3.63) is 59.3 Å². The topological polar surface area (TPSA) is 42.4 Å². The van der Waals surface area contributed by atoms with Gasteiger partial charge in [-0.1, -0.05) is 24.3 Å². The van der Waals surface area contributed by atoms with E-state index in [0.717, 1.165) is 25.3 Å². The number of aryl methyl sites for hydroxylation is 1. The standard InChI is InChI=1S/C19H22N2O2S/c1-14-5-3-4-6-16(14)17-9-10-21(11-12-24-17)19(22)15-7-8-18(23-2)20-13-15/h3-8,13,17H,9-12H2,1-2H3/t17-/m1/s1. The Hall–Kier alpha value is -2.01. The molecule has 0 aliphatic carbocycles. The van der Waals surface area contributed by atoms with Gasteiger partial charge in [0.2, 0.25) is 5.88 Å². The van der Waals surface area contributed by atoms with Crippen LogP contribution < -0.4 is 4.74 Å². The largest absolute Gasteiger partial charge is 0.481 e. The smallest absolute Gasteiger partial charge is 0.255 e. The molecule has 24 heavy (non-hydrogen) atoms. The fourth-order valence-corrected chi connectivity index (χ4v) is 4.31. The molecule has 126 valence electrons. The van der Waals surface area contributed by atoms with Crippen LogP contribution in [0.1, 0.15) is 33.2 Å². The summed E-state index contributed by atoms with van der Waals surface area (Å²) >= 11 is 1.94. The summed E-state index contributed by atoms with van der Waals surface area (Å²) in [6.07, 6.45) is 2.57. The Morgan fingerprint density at radius 1 is 1.25 bits per heavy atom. The van der Waals surface area contributed by atoms with E-state index in [2.05, 4.69) is 36.2 Å². The molecule has 1 fully saturated rings. The van der Waals surface area contributed by atoms with Gasteiger partial charge in [0.1, 0.15) is 0 Å². The molecule has 0 radical (unpaired) electrons. The van der Waals surface area contributed by atoms with Crippen LogP contribution >= 0.6 is 11.8 Å². The van der Waals surface area contributed by atoms with Crippen molar-refractivity contribution in [2.75, 3.05) is 26.0 Å². The highest BCUT2D eigenvalue weighted by atomic mass is 32.2. The minimum absolute atomic E-state index is 0.0520. The van der Waals surface area contributed by atoms with Crippen LogP contribution in [0.3, 0.4) is 0 Å². The Morgan fingerprint density at radius 3 is 2.79 bits per heavy atom. The average molecular weight is 342 g/mol. The lowest BCUT2D eigenvalue weighted by atomic mass is 10.0. The molecule has 4 nitrogen and oxygen atoms in total. The van der Waals surface area contributed by atoms with E-state index in [9.17, 15) is 4.79 Å². The third kappa shape index (κ3) is 3.73. The Kier molecular flexibility index (Phi) is 5.41. The van der Waals surface area contributed by atoms with E-state index < -0.39 is 0 Å². The maximum atomic E-state index is 12.7. The first-order chi connectivity index (χ1) is 11.7. The van der Waals surface area contributed by atoms with Gasteiger partial charge < -0.3 is 9.64 Å². The van der Waals surface area contributed by atoms with Crippen molar-refractivity contribution in [1.82, 2.24) is 9.88 Å². The number of rotatable bonds is 3. The van der Waals surface area contributed by atoms with E-state index >= 15 is 0 Å². The highest BCUT2D eigenvalue weighted by molar-refractivity contribution is 7.99. The second-order valence-electron chi connectivity index (χ2n) is 5.89. The predicted molar refractivity (Wildman–Crippen MR) is 97.7 cm³/mol. The van der Waals surface area contributed by atoms with Crippen LogP contribution in [-0.4, -0.2) is 41.7 Å². The van der Waals surface area contributed by atoms with Gasteiger partial charge in [-0.15, -0.1) is 0 Å². The molecule has 1 saturated heterocycles. The molecule has 1 aliphatic heterocycles. The summed E-state index contributed by atoms with van der Waals surface area (Å²) in [5.74, 6) is 1.53. The third-order valence-electron chi connectivity index (χ3n) is 4.36. The van der Waals surface area contributed by atoms with Crippen molar-refractivity contribution in [2.24, 2.45) is 0 Å². The molecule has 2 aromatic rings. The lowest BCUT2D eigenvalue weighted by molar-refractivity contribution is 0.0766. The summed E-state index contributed by atoms with van der Waals surface area (Å²) in [7, 11) is 1.57. The van der Waals surface area contributed by atoms with Crippen LogP contribution in [-0.2, 0) is 0 Å². The van der Waals surface area contributed by atoms with Crippen LogP contribution in [0.5, 0.6) is 5.88 Å². The number of hydrogen-bond acceptors (Lipinski definition) is 4. The lowest BCUT2D eigenvalue weighted by Gasteiger charge is -2.20. The molecule has 1 aromatic heterocycles. The first-order valence-electron chi connectivity index (χ1n) is 8.15. The minimum Gasteiger partial charge on any atom is -0.481 e. The number of amides is 1. The van der Waals surface area contributed by atoms with Gasteiger partial charge in [-0.25, -0.2) is 4.98 Å². The normalized spacial score (nSPS) is 18.1. The van der Waals surface area contributed by atoms with Crippen LogP contribution in [0, 0.1) is 6.92 Å². The number of nitrogens with zero attached hydrogens (tertiary/aromatic N) is 2. The molecular weight excluding hydrogens is 320 g/mol. The zero-order chi connectivity index (χ0) is 16.9. The Balaban J connectivity index is 1.68. The van der Waals surface area contributed by atoms with Crippen molar-refractivity contribution in [3.8, 4) is 5.88 Å². The molecule has 0 N–H and O–H groups in total. The lowest BCUT2D eigenvalue weighted by Crippen LogP contribution is -2.33. The van der Waals surface area contributed by atoms with Gasteiger partial charge in [0.15, 0.2) is 0 Å². The summed E-state index contributed by atoms with van der Waals surface area (Å²) in [6.45, 7) is 3.71. The van der Waals surface area contributed by atoms with Gasteiger partial charge in [0.05, 0.1) is 12.7 Å². The maximum absolute atomic E-state index is 12.7. The van der Waals surface area contributed by atoms with Gasteiger partial charge in [-0.3, -0.25) is 4.79 Å². The summed E-state index contributed by atoms with van der Waals surface area (Å²) < 4.78 is 5.05. The highest BCUT2D eigenvalue weighted by Gasteiger charge is 2.23. The van der Waals surface area contributed by atoms with E-state index in [4.69, 9.17) is 4.74 Å². The predicted octanol–water partition coefficient (Wildman–Crippen LogP) is 3.72. The summed E-state index contributed by atoms with van der Waals surface area (Å²) in [5.41, 5.74) is 3.34. The van der Waals surface area contributed by atoms with Crippen LogP contribution in [0.4, 0.5) is 0 Å². The number of pyridine rings is 1. The molecule has 1 atom stereocenters. The fraction of sp³-hybridized carbons (Fsp3) is 0.368. The number of aromatic nitrogens is 1. The second kappa shape index (κ2) is 7.71. The zero-order valence-corrected chi connectivity index (χ0v) is 14.9. The van der Waals surface area contributed by atoms with Crippen molar-refractivity contribution >= 4 is 17.7 Å². The molecule has 3 rings (SSSR count). The molecule has 0 bridgehead atoms. The Morgan fingerprint density at radius 2 is 2.08 bits per heavy atom. The van der Waals surface area contributed by atoms with Crippen LogP contribution in [0.25, 0.3) is 0 Å². The van der Waals surface area contributed by atoms with Crippen molar-refractivity contribution in [2.45, 2.75) is 18.6 Å². The number of hydrogen-bond donors (Lipinski definition) is 0. The molecule has 1 amide bonds. The monoisotopic (exact) mass is 342 g/mol. The van der Waals surface area contributed by atoms with E-state index in [-0.39, 0.29) is 5.91 Å². The number of carbonyl (C=O) groups is 1. The first-order valence-corrected chi connectivity index (χ1v) is 9.20. The molecule has 0 unspecified atom stereocenters. The number of ether oxygens (including phenoxy) is 1. The van der Waals surface area contributed by atoms with E-state index in [1.54, 1.807) is 25.4 Å². The quantitative estimate of drug-likeness (QED) is 0.853. The second-order valence-corrected chi connectivity index (χ2v) is 7.20. The average Bonchev–Trinajstić information content (AvgIpc) is 2.88. The zero-order valence-electron chi connectivity index (χ0n) is 14.1. The van der Waals surface area contributed by atoms with Crippen LogP contribution in [0.15, 0.2) is 42.6 Å². The SMILES string of the molecule is COc1ccc(C(=O)N2CCS[C@@H](c3ccccc3C)CC2)cn1. The van der Waals surface area contributed by atoms with E-state index in [1.165, 1.54) is 11.1 Å². The molecule has 0 spiro atoms. The molecule has 0 saturated carbocycles. The van der Waals surface area contributed by atoms with Crippen LogP contribution in [0.2, 0.25) is 0 Å². The van der Waals surface area contributed by atoms with Crippen molar-refractivity contribution in [1.29, 1.82) is 0 Å². The molecular formula is C19H22N2O2S. The van der Waals surface area contributed by atoms with Crippen molar-refractivity contribution < 1.29 is 9.53 Å². The summed E-state index contributed by atoms with van der Waals surface area (Å²) in [6, 6.07) is 12.1. The van der Waals surface area contributed by atoms with Gasteiger partial charge in [0.25, 0.3) is 5.91 Å². The Bertz CT molecular complexity index is 703. The molecule has 2 heterocycles. The van der Waals surface area contributed by atoms with E-state index in [0.29, 0.717) is 16.7 Å². The molecule has 1 aromatic carbocycles. The van der Waals surface area contributed by atoms with Gasteiger partial charge in [-0.2, -0.15) is 11.8 Å². The van der Waals surface area contributed by atoms with Crippen molar-refractivity contribution in [3.63, 3.8) is 0 Å². The van der Waals surface area contributed by atoms with Gasteiger partial charge >= 0.3 is 0 Å². The number of thioether (sulfide) groups is 1. The van der Waals surface area contributed by atoms with Gasteiger partial charge in [0, 0.05) is 36.4 Å².